The summed E-state index contributed by atoms with van der Waals surface area (Å²) in [5.74, 6) is -0.178. The van der Waals surface area contributed by atoms with Crippen LogP contribution in [0.4, 0.5) is 0 Å². The fourth-order valence-corrected chi connectivity index (χ4v) is 2.15. The molecule has 0 aromatic rings. The van der Waals surface area contributed by atoms with Crippen molar-refractivity contribution in [1.29, 1.82) is 0 Å². The first kappa shape index (κ1) is 13.3. The molecular formula is C11H19NO3S. The Balaban J connectivity index is 2.45. The third kappa shape index (κ3) is 4.37. The van der Waals surface area contributed by atoms with Crippen LogP contribution in [0.5, 0.6) is 0 Å². The van der Waals surface area contributed by atoms with Gasteiger partial charge < -0.3 is 5.32 Å². The molecule has 0 radical (unpaired) electrons. The van der Waals surface area contributed by atoms with Gasteiger partial charge in [0.15, 0.2) is 0 Å². The second kappa shape index (κ2) is 5.01. The van der Waals surface area contributed by atoms with Gasteiger partial charge in [0.25, 0.3) is 10.1 Å². The van der Waals surface area contributed by atoms with Gasteiger partial charge in [0.1, 0.15) is 0 Å². The normalized spacial score (nSPS) is 25.1. The maximum Gasteiger partial charge on any atom is 0.264 e. The summed E-state index contributed by atoms with van der Waals surface area (Å²) in [5.41, 5.74) is 1.02. The molecule has 1 rings (SSSR count). The monoisotopic (exact) mass is 245 g/mol. The zero-order valence-electron chi connectivity index (χ0n) is 9.73. The molecule has 1 unspecified atom stereocenters. The molecule has 0 aliphatic carbocycles. The Morgan fingerprint density at radius 3 is 2.62 bits per heavy atom. The van der Waals surface area contributed by atoms with Gasteiger partial charge in [-0.05, 0) is 31.8 Å². The molecule has 0 aromatic carbocycles. The van der Waals surface area contributed by atoms with Crippen LogP contribution in [0.25, 0.3) is 0 Å². The van der Waals surface area contributed by atoms with Crippen LogP contribution in [0.2, 0.25) is 0 Å². The molecule has 0 fully saturated rings. The third-order valence-electron chi connectivity index (χ3n) is 2.76. The number of nitrogens with one attached hydrogen (secondary N) is 1. The lowest BCUT2D eigenvalue weighted by Gasteiger charge is -2.30. The zero-order chi connectivity index (χ0) is 12.2. The van der Waals surface area contributed by atoms with Gasteiger partial charge in [-0.15, -0.1) is 0 Å². The van der Waals surface area contributed by atoms with Crippen LogP contribution in [-0.4, -0.2) is 24.3 Å². The van der Waals surface area contributed by atoms with Crippen LogP contribution in [0, 0.1) is 0 Å². The van der Waals surface area contributed by atoms with Crippen molar-refractivity contribution in [2.75, 3.05) is 5.75 Å². The van der Waals surface area contributed by atoms with Gasteiger partial charge >= 0.3 is 0 Å². The molecule has 0 bridgehead atoms. The lowest BCUT2D eigenvalue weighted by molar-refractivity contribution is 0.439. The summed E-state index contributed by atoms with van der Waals surface area (Å²) in [6.45, 7) is 4.09. The summed E-state index contributed by atoms with van der Waals surface area (Å²) in [6.07, 6.45) is 8.18. The minimum Gasteiger partial charge on any atom is -0.382 e. The Morgan fingerprint density at radius 1 is 1.50 bits per heavy atom. The summed E-state index contributed by atoms with van der Waals surface area (Å²) >= 11 is 0. The maximum absolute atomic E-state index is 10.6. The zero-order valence-corrected chi connectivity index (χ0v) is 10.5. The lowest BCUT2D eigenvalue weighted by Crippen LogP contribution is -2.39. The first-order valence-corrected chi connectivity index (χ1v) is 7.07. The predicted molar refractivity (Wildman–Crippen MR) is 64.7 cm³/mol. The molecule has 0 aromatic heterocycles. The Hall–Kier alpha value is -0.810. The van der Waals surface area contributed by atoms with Crippen molar-refractivity contribution in [3.63, 3.8) is 0 Å². The Morgan fingerprint density at radius 2 is 2.19 bits per heavy atom. The average Bonchev–Trinajstić information content (AvgIpc) is 2.17. The van der Waals surface area contributed by atoms with Crippen LogP contribution in [0.15, 0.2) is 23.9 Å². The lowest BCUT2D eigenvalue weighted by atomic mass is 9.92. The van der Waals surface area contributed by atoms with E-state index in [1.807, 2.05) is 13.1 Å². The molecule has 16 heavy (non-hydrogen) atoms. The standard InChI is InChI=1S/C11H19NO3S/c1-3-10-5-7-11(2,12-9-10)6-4-8-16(13,14)15/h5,7,9,12H,3-4,6,8H2,1-2H3,(H,13,14,15). The van der Waals surface area contributed by atoms with Crippen molar-refractivity contribution >= 4 is 10.1 Å². The van der Waals surface area contributed by atoms with E-state index < -0.39 is 10.1 Å². The van der Waals surface area contributed by atoms with Gasteiger partial charge in [-0.3, -0.25) is 4.55 Å². The highest BCUT2D eigenvalue weighted by Gasteiger charge is 2.21. The molecule has 1 aliphatic rings. The second-order valence-corrected chi connectivity index (χ2v) is 5.93. The smallest absolute Gasteiger partial charge is 0.264 e. The highest BCUT2D eigenvalue weighted by molar-refractivity contribution is 7.85. The number of hydrogen-bond acceptors (Lipinski definition) is 3. The maximum atomic E-state index is 10.6. The summed E-state index contributed by atoms with van der Waals surface area (Å²) in [6, 6.07) is 0. The summed E-state index contributed by atoms with van der Waals surface area (Å²) < 4.78 is 29.8. The SMILES string of the molecule is CCC1=CNC(C)(CCCS(=O)(=O)O)C=C1. The van der Waals surface area contributed by atoms with Gasteiger partial charge in [-0.2, -0.15) is 8.42 Å². The quantitative estimate of drug-likeness (QED) is 0.726. The summed E-state index contributed by atoms with van der Waals surface area (Å²) in [7, 11) is -3.83. The molecular weight excluding hydrogens is 226 g/mol. The van der Waals surface area contributed by atoms with E-state index in [2.05, 4.69) is 24.4 Å². The fraction of sp³-hybridized carbons (Fsp3) is 0.636. The van der Waals surface area contributed by atoms with Crippen molar-refractivity contribution in [3.8, 4) is 0 Å². The number of rotatable bonds is 5. The molecule has 2 N–H and O–H groups in total. The van der Waals surface area contributed by atoms with Crippen molar-refractivity contribution in [1.82, 2.24) is 5.32 Å². The second-order valence-electron chi connectivity index (χ2n) is 4.36. The van der Waals surface area contributed by atoms with Crippen LogP contribution >= 0.6 is 0 Å². The van der Waals surface area contributed by atoms with E-state index in [0.717, 1.165) is 6.42 Å². The van der Waals surface area contributed by atoms with Crippen LogP contribution in [0.3, 0.4) is 0 Å². The molecule has 5 heteroatoms. The predicted octanol–water partition coefficient (Wildman–Crippen LogP) is 1.87. The molecule has 1 aliphatic heterocycles. The Kier molecular flexibility index (Phi) is 4.15. The third-order valence-corrected chi connectivity index (χ3v) is 3.56. The fourth-order valence-electron chi connectivity index (χ4n) is 1.64. The van der Waals surface area contributed by atoms with Gasteiger partial charge in [0.2, 0.25) is 0 Å². The molecule has 0 saturated carbocycles. The molecule has 1 heterocycles. The van der Waals surface area contributed by atoms with E-state index in [0.29, 0.717) is 12.8 Å². The topological polar surface area (TPSA) is 66.4 Å². The van der Waals surface area contributed by atoms with E-state index in [4.69, 9.17) is 4.55 Å². The van der Waals surface area contributed by atoms with Gasteiger partial charge in [-0.25, -0.2) is 0 Å². The van der Waals surface area contributed by atoms with E-state index in [-0.39, 0.29) is 11.3 Å². The van der Waals surface area contributed by atoms with Gasteiger partial charge in [0.05, 0.1) is 11.3 Å². The molecule has 1 atom stereocenters. The molecule has 4 nitrogen and oxygen atoms in total. The van der Waals surface area contributed by atoms with E-state index >= 15 is 0 Å². The Labute approximate surface area is 97.2 Å². The highest BCUT2D eigenvalue weighted by atomic mass is 32.2. The highest BCUT2D eigenvalue weighted by Crippen LogP contribution is 2.20. The number of dihydropyridines is 1. The average molecular weight is 245 g/mol. The van der Waals surface area contributed by atoms with Gasteiger partial charge in [-0.1, -0.05) is 19.1 Å². The Bertz CT molecular complexity index is 397. The number of hydrogen-bond donors (Lipinski definition) is 2. The first-order chi connectivity index (χ1) is 7.35. The minimum atomic E-state index is -3.83. The molecule has 0 amide bonds. The van der Waals surface area contributed by atoms with Gasteiger partial charge in [0, 0.05) is 6.20 Å². The first-order valence-electron chi connectivity index (χ1n) is 5.46. The number of allylic oxidation sites excluding steroid dienone is 2. The minimum absolute atomic E-state index is 0.178. The summed E-state index contributed by atoms with van der Waals surface area (Å²) in [4.78, 5) is 0. The molecule has 92 valence electrons. The van der Waals surface area contributed by atoms with Crippen molar-refractivity contribution in [3.05, 3.63) is 23.9 Å². The van der Waals surface area contributed by atoms with E-state index in [1.54, 1.807) is 0 Å². The van der Waals surface area contributed by atoms with E-state index in [1.165, 1.54) is 5.57 Å². The van der Waals surface area contributed by atoms with Crippen LogP contribution < -0.4 is 5.32 Å². The summed E-state index contributed by atoms with van der Waals surface area (Å²) in [5, 5.41) is 3.26. The van der Waals surface area contributed by atoms with Crippen LogP contribution in [0.1, 0.15) is 33.1 Å². The van der Waals surface area contributed by atoms with Crippen molar-refractivity contribution in [2.45, 2.75) is 38.6 Å². The van der Waals surface area contributed by atoms with E-state index in [9.17, 15) is 8.42 Å². The molecule has 0 spiro atoms. The molecule has 0 saturated heterocycles. The van der Waals surface area contributed by atoms with Crippen molar-refractivity contribution in [2.24, 2.45) is 0 Å². The van der Waals surface area contributed by atoms with Crippen molar-refractivity contribution < 1.29 is 13.0 Å². The largest absolute Gasteiger partial charge is 0.382 e. The van der Waals surface area contributed by atoms with Crippen LogP contribution in [-0.2, 0) is 10.1 Å².